The van der Waals surface area contributed by atoms with Crippen LogP contribution in [-0.4, -0.2) is 29.6 Å². The highest BCUT2D eigenvalue weighted by molar-refractivity contribution is 7.17. The average molecular weight is 432 g/mol. The van der Waals surface area contributed by atoms with Crippen LogP contribution in [0.2, 0.25) is 0 Å². The molecule has 0 spiro atoms. The van der Waals surface area contributed by atoms with Crippen LogP contribution in [0.15, 0.2) is 24.3 Å². The molecule has 2 aromatic rings. The molecule has 1 aromatic carbocycles. The second-order valence-corrected chi connectivity index (χ2v) is 7.74. The van der Waals surface area contributed by atoms with Crippen molar-refractivity contribution in [2.75, 3.05) is 13.2 Å². The van der Waals surface area contributed by atoms with Crippen molar-refractivity contribution in [1.82, 2.24) is 10.3 Å². The lowest BCUT2D eigenvalue weighted by Gasteiger charge is -2.29. The van der Waals surface area contributed by atoms with E-state index >= 15 is 0 Å². The third kappa shape index (κ3) is 5.35. The molecule has 150 valence electrons. The maximum Gasteiger partial charge on any atom is 0.263 e. The minimum absolute atomic E-state index is 0. The van der Waals surface area contributed by atoms with Crippen LogP contribution in [0.1, 0.15) is 42.1 Å². The number of nitrogens with zero attached hydrogens (tertiary/aromatic N) is 1. The van der Waals surface area contributed by atoms with E-state index in [1.807, 2.05) is 45.0 Å². The van der Waals surface area contributed by atoms with Crippen molar-refractivity contribution in [1.29, 1.82) is 0 Å². The van der Waals surface area contributed by atoms with E-state index in [-0.39, 0.29) is 36.3 Å². The molecule has 5 nitrogen and oxygen atoms in total. The summed E-state index contributed by atoms with van der Waals surface area (Å²) >= 11 is 1.42. The highest BCUT2D eigenvalue weighted by Gasteiger charge is 2.42. The average Bonchev–Trinajstić information content (AvgIpc) is 3.39. The Morgan fingerprint density at radius 2 is 1.96 bits per heavy atom. The van der Waals surface area contributed by atoms with E-state index in [1.54, 1.807) is 0 Å². The van der Waals surface area contributed by atoms with Gasteiger partial charge in [-0.15, -0.1) is 36.2 Å². The molecule has 1 heterocycles. The molecule has 0 saturated heterocycles. The first-order valence-electron chi connectivity index (χ1n) is 8.70. The Kier molecular flexibility index (Phi) is 8.54. The first-order valence-corrected chi connectivity index (χ1v) is 9.51. The third-order valence-electron chi connectivity index (χ3n) is 4.72. The monoisotopic (exact) mass is 431 g/mol. The molecule has 1 atom stereocenters. The molecule has 1 saturated carbocycles. The van der Waals surface area contributed by atoms with Crippen LogP contribution >= 0.6 is 36.2 Å². The molecule has 1 aromatic heterocycles. The van der Waals surface area contributed by atoms with Gasteiger partial charge in [0.2, 0.25) is 0 Å². The lowest BCUT2D eigenvalue weighted by atomic mass is 9.96. The third-order valence-corrected chi connectivity index (χ3v) is 5.92. The van der Waals surface area contributed by atoms with Gasteiger partial charge in [-0.2, -0.15) is 0 Å². The molecule has 0 bridgehead atoms. The summed E-state index contributed by atoms with van der Waals surface area (Å²) in [6.07, 6.45) is 2.26. The number of thiazole rings is 1. The Bertz CT molecular complexity index is 763. The number of nitrogens with two attached hydrogens (primary N) is 1. The van der Waals surface area contributed by atoms with E-state index < -0.39 is 0 Å². The first-order chi connectivity index (χ1) is 12.0. The number of aromatic nitrogens is 1. The highest BCUT2D eigenvalue weighted by atomic mass is 35.5. The SMILES string of the molecule is CCOc1ccc(-c2nc(C)c(C(=O)NC(C)(CN)C3CC3)s2)cc1.Cl.Cl. The molecule has 0 aliphatic heterocycles. The first kappa shape index (κ1) is 23.7. The molecule has 1 amide bonds. The van der Waals surface area contributed by atoms with Gasteiger partial charge in [-0.3, -0.25) is 4.79 Å². The number of hydrogen-bond donors (Lipinski definition) is 2. The van der Waals surface area contributed by atoms with E-state index in [2.05, 4.69) is 10.3 Å². The van der Waals surface area contributed by atoms with Crippen LogP contribution in [0.3, 0.4) is 0 Å². The maximum atomic E-state index is 12.7. The lowest BCUT2D eigenvalue weighted by Crippen LogP contribution is -2.53. The molecular weight excluding hydrogens is 405 g/mol. The van der Waals surface area contributed by atoms with Crippen molar-refractivity contribution < 1.29 is 9.53 Å². The molecule has 27 heavy (non-hydrogen) atoms. The summed E-state index contributed by atoms with van der Waals surface area (Å²) < 4.78 is 5.47. The van der Waals surface area contributed by atoms with Gasteiger partial charge >= 0.3 is 0 Å². The number of nitrogens with one attached hydrogen (secondary N) is 1. The molecule has 1 fully saturated rings. The van der Waals surface area contributed by atoms with Gasteiger partial charge < -0.3 is 15.8 Å². The second kappa shape index (κ2) is 9.73. The van der Waals surface area contributed by atoms with Crippen molar-refractivity contribution in [2.45, 2.75) is 39.2 Å². The molecular formula is C19H27Cl2N3O2S. The number of halogens is 2. The Morgan fingerprint density at radius 3 is 2.48 bits per heavy atom. The van der Waals surface area contributed by atoms with Gasteiger partial charge in [0.15, 0.2) is 0 Å². The summed E-state index contributed by atoms with van der Waals surface area (Å²) in [4.78, 5) is 18.0. The summed E-state index contributed by atoms with van der Waals surface area (Å²) in [7, 11) is 0. The zero-order valence-corrected chi connectivity index (χ0v) is 18.2. The van der Waals surface area contributed by atoms with E-state index in [4.69, 9.17) is 10.5 Å². The Balaban J connectivity index is 0.00000182. The van der Waals surface area contributed by atoms with Gasteiger partial charge in [0.25, 0.3) is 5.91 Å². The second-order valence-electron chi connectivity index (χ2n) is 6.74. The largest absolute Gasteiger partial charge is 0.494 e. The summed E-state index contributed by atoms with van der Waals surface area (Å²) in [6, 6.07) is 7.79. The number of benzene rings is 1. The molecule has 1 aliphatic rings. The summed E-state index contributed by atoms with van der Waals surface area (Å²) in [6.45, 7) is 6.96. The van der Waals surface area contributed by atoms with Gasteiger partial charge in [-0.05, 0) is 63.8 Å². The normalized spacial score (nSPS) is 15.1. The number of ether oxygens (including phenoxy) is 1. The standard InChI is InChI=1S/C19H25N3O2S.2ClH/c1-4-24-15-9-5-13(6-10-15)18-21-12(2)16(25-18)17(23)22-19(3,11-20)14-7-8-14;;/h5-6,9-10,14H,4,7-8,11,20H2,1-3H3,(H,22,23);2*1H. The fourth-order valence-electron chi connectivity index (χ4n) is 2.95. The van der Waals surface area contributed by atoms with E-state index in [0.29, 0.717) is 23.9 Å². The summed E-state index contributed by atoms with van der Waals surface area (Å²) in [5.41, 5.74) is 7.32. The van der Waals surface area contributed by atoms with Crippen LogP contribution in [0.5, 0.6) is 5.75 Å². The van der Waals surface area contributed by atoms with Crippen molar-refractivity contribution in [3.63, 3.8) is 0 Å². The van der Waals surface area contributed by atoms with E-state index in [1.165, 1.54) is 11.3 Å². The molecule has 0 radical (unpaired) electrons. The minimum atomic E-state index is -0.327. The number of carbonyl (C=O) groups is 1. The van der Waals surface area contributed by atoms with E-state index in [9.17, 15) is 4.79 Å². The zero-order valence-electron chi connectivity index (χ0n) is 15.8. The van der Waals surface area contributed by atoms with E-state index in [0.717, 1.165) is 34.9 Å². The molecule has 3 rings (SSSR count). The summed E-state index contributed by atoms with van der Waals surface area (Å²) in [5, 5.41) is 3.98. The van der Waals surface area contributed by atoms with Crippen LogP contribution in [0.25, 0.3) is 10.6 Å². The highest BCUT2D eigenvalue weighted by Crippen LogP contribution is 2.39. The van der Waals surface area contributed by atoms with Crippen LogP contribution in [0.4, 0.5) is 0 Å². The predicted octanol–water partition coefficient (Wildman–Crippen LogP) is 4.22. The van der Waals surface area contributed by atoms with Crippen molar-refractivity contribution in [3.05, 3.63) is 34.8 Å². The van der Waals surface area contributed by atoms with Gasteiger partial charge in [-0.1, -0.05) is 0 Å². The minimum Gasteiger partial charge on any atom is -0.494 e. The lowest BCUT2D eigenvalue weighted by molar-refractivity contribution is 0.0901. The van der Waals surface area contributed by atoms with Crippen LogP contribution in [0, 0.1) is 12.8 Å². The molecule has 8 heteroatoms. The fourth-order valence-corrected chi connectivity index (χ4v) is 3.91. The Hall–Kier alpha value is -1.34. The van der Waals surface area contributed by atoms with Crippen molar-refractivity contribution in [3.8, 4) is 16.3 Å². The number of rotatable bonds is 7. The van der Waals surface area contributed by atoms with Crippen molar-refractivity contribution >= 4 is 42.1 Å². The Morgan fingerprint density at radius 1 is 1.33 bits per heavy atom. The predicted molar refractivity (Wildman–Crippen MR) is 116 cm³/mol. The zero-order chi connectivity index (χ0) is 18.0. The number of amides is 1. The Labute approximate surface area is 176 Å². The molecule has 1 unspecified atom stereocenters. The van der Waals surface area contributed by atoms with Gasteiger partial charge in [0.05, 0.1) is 17.8 Å². The smallest absolute Gasteiger partial charge is 0.263 e. The quantitative estimate of drug-likeness (QED) is 0.687. The summed E-state index contributed by atoms with van der Waals surface area (Å²) in [5.74, 6) is 1.24. The van der Waals surface area contributed by atoms with Crippen LogP contribution in [-0.2, 0) is 0 Å². The number of hydrogen-bond acceptors (Lipinski definition) is 5. The maximum absolute atomic E-state index is 12.7. The van der Waals surface area contributed by atoms with Gasteiger partial charge in [0, 0.05) is 12.1 Å². The van der Waals surface area contributed by atoms with Crippen molar-refractivity contribution in [2.24, 2.45) is 11.7 Å². The fraction of sp³-hybridized carbons (Fsp3) is 0.474. The van der Waals surface area contributed by atoms with Gasteiger partial charge in [-0.25, -0.2) is 4.98 Å². The number of carbonyl (C=O) groups excluding carboxylic acids is 1. The topological polar surface area (TPSA) is 77.2 Å². The number of aryl methyl sites for hydroxylation is 1. The van der Waals surface area contributed by atoms with Gasteiger partial charge in [0.1, 0.15) is 15.6 Å². The molecule has 3 N–H and O–H groups in total. The molecule has 1 aliphatic carbocycles. The van der Waals surface area contributed by atoms with Crippen LogP contribution < -0.4 is 15.8 Å².